The van der Waals surface area contributed by atoms with E-state index in [1.165, 1.54) is 12.1 Å². The van der Waals surface area contributed by atoms with Crippen molar-refractivity contribution in [3.63, 3.8) is 0 Å². The van der Waals surface area contributed by atoms with Gasteiger partial charge in [-0.25, -0.2) is 9.37 Å². The molecule has 16 heavy (non-hydrogen) atoms. The number of hydrogen-bond donors (Lipinski definition) is 1. The first-order valence-electron chi connectivity index (χ1n) is 4.50. The minimum absolute atomic E-state index is 0.104. The molecule has 1 N–H and O–H groups in total. The Bertz CT molecular complexity index is 519. The van der Waals surface area contributed by atoms with Crippen molar-refractivity contribution in [1.29, 1.82) is 0 Å². The Morgan fingerprint density at radius 2 is 2.06 bits per heavy atom. The summed E-state index contributed by atoms with van der Waals surface area (Å²) in [6, 6.07) is 9.95. The average Bonchev–Trinajstić information content (AvgIpc) is 2.24. The van der Waals surface area contributed by atoms with Gasteiger partial charge in [0.15, 0.2) is 0 Å². The van der Waals surface area contributed by atoms with Gasteiger partial charge in [0.2, 0.25) is 0 Å². The number of nitrogens with zero attached hydrogens (tertiary/aromatic N) is 1. The highest BCUT2D eigenvalue weighted by Crippen LogP contribution is 2.21. The summed E-state index contributed by atoms with van der Waals surface area (Å²) in [7, 11) is 0. The van der Waals surface area contributed by atoms with E-state index in [-0.39, 0.29) is 5.02 Å². The lowest BCUT2D eigenvalue weighted by Gasteiger charge is -2.06. The molecule has 1 aromatic carbocycles. The van der Waals surface area contributed by atoms with E-state index >= 15 is 0 Å². The third-order valence-corrected chi connectivity index (χ3v) is 2.66. The van der Waals surface area contributed by atoms with Crippen LogP contribution < -0.4 is 5.32 Å². The van der Waals surface area contributed by atoms with Crippen LogP contribution in [0.3, 0.4) is 0 Å². The second kappa shape index (κ2) is 4.80. The zero-order valence-corrected chi connectivity index (χ0v) is 10.4. The van der Waals surface area contributed by atoms with Crippen LogP contribution in [0.1, 0.15) is 0 Å². The van der Waals surface area contributed by atoms with E-state index in [4.69, 9.17) is 11.6 Å². The molecule has 0 aliphatic carbocycles. The molecule has 0 unspecified atom stereocenters. The molecule has 1 aromatic heterocycles. The van der Waals surface area contributed by atoms with Crippen LogP contribution in [0.15, 0.2) is 41.0 Å². The zero-order chi connectivity index (χ0) is 11.5. The van der Waals surface area contributed by atoms with Gasteiger partial charge in [-0.3, -0.25) is 0 Å². The summed E-state index contributed by atoms with van der Waals surface area (Å²) in [5, 5.41) is 3.08. The summed E-state index contributed by atoms with van der Waals surface area (Å²) < 4.78 is 13.9. The maximum atomic E-state index is 13.2. The van der Waals surface area contributed by atoms with E-state index < -0.39 is 5.82 Å². The highest BCUT2D eigenvalue weighted by Gasteiger charge is 2.02. The van der Waals surface area contributed by atoms with Gasteiger partial charge in [-0.2, -0.15) is 0 Å². The van der Waals surface area contributed by atoms with Gasteiger partial charge < -0.3 is 5.32 Å². The highest BCUT2D eigenvalue weighted by molar-refractivity contribution is 9.10. The van der Waals surface area contributed by atoms with Crippen molar-refractivity contribution < 1.29 is 4.39 Å². The van der Waals surface area contributed by atoms with Gasteiger partial charge in [0.25, 0.3) is 0 Å². The van der Waals surface area contributed by atoms with Gasteiger partial charge in [0.05, 0.1) is 5.02 Å². The van der Waals surface area contributed by atoms with Gasteiger partial charge >= 0.3 is 0 Å². The molecule has 0 bridgehead atoms. The summed E-state index contributed by atoms with van der Waals surface area (Å²) in [5.74, 6) is 0.178. The second-order valence-electron chi connectivity index (χ2n) is 3.10. The lowest BCUT2D eigenvalue weighted by atomic mass is 10.3. The third kappa shape index (κ3) is 2.71. The van der Waals surface area contributed by atoms with Crippen molar-refractivity contribution in [1.82, 2.24) is 4.98 Å². The Kier molecular flexibility index (Phi) is 3.41. The number of rotatable bonds is 2. The Morgan fingerprint density at radius 1 is 1.25 bits per heavy atom. The standard InChI is InChI=1S/C11H7BrClFN2/c12-10-2-1-3-11(16-10)15-7-4-5-8(13)9(14)6-7/h1-6H,(H,15,16). The van der Waals surface area contributed by atoms with Crippen LogP contribution in [-0.4, -0.2) is 4.98 Å². The number of anilines is 2. The van der Waals surface area contributed by atoms with Crippen LogP contribution in [0.2, 0.25) is 5.02 Å². The highest BCUT2D eigenvalue weighted by atomic mass is 79.9. The summed E-state index contributed by atoms with van der Waals surface area (Å²) in [6.07, 6.45) is 0. The molecule has 0 saturated heterocycles. The van der Waals surface area contributed by atoms with Crippen molar-refractivity contribution in [3.05, 3.63) is 51.8 Å². The molecule has 2 aromatic rings. The number of hydrogen-bond acceptors (Lipinski definition) is 2. The quantitative estimate of drug-likeness (QED) is 0.833. The zero-order valence-electron chi connectivity index (χ0n) is 8.05. The van der Waals surface area contributed by atoms with E-state index in [9.17, 15) is 4.39 Å². The number of benzene rings is 1. The summed E-state index contributed by atoms with van der Waals surface area (Å²) in [6.45, 7) is 0. The predicted molar refractivity (Wildman–Crippen MR) is 66.6 cm³/mol. The summed E-state index contributed by atoms with van der Waals surface area (Å²) in [4.78, 5) is 4.17. The fourth-order valence-corrected chi connectivity index (χ4v) is 1.66. The number of pyridine rings is 1. The topological polar surface area (TPSA) is 24.9 Å². The molecule has 82 valence electrons. The van der Waals surface area contributed by atoms with Crippen molar-refractivity contribution >= 4 is 39.0 Å². The molecule has 0 atom stereocenters. The molecule has 1 heterocycles. The summed E-state index contributed by atoms with van der Waals surface area (Å²) in [5.41, 5.74) is 0.604. The molecule has 0 radical (unpaired) electrons. The maximum absolute atomic E-state index is 13.2. The monoisotopic (exact) mass is 300 g/mol. The molecule has 0 aliphatic rings. The molecule has 2 nitrogen and oxygen atoms in total. The molecule has 2 rings (SSSR count). The lowest BCUT2D eigenvalue weighted by Crippen LogP contribution is -1.94. The summed E-state index contributed by atoms with van der Waals surface area (Å²) >= 11 is 8.84. The predicted octanol–water partition coefficient (Wildman–Crippen LogP) is 4.38. The van der Waals surface area contributed by atoms with Crippen molar-refractivity contribution in [2.45, 2.75) is 0 Å². The molecular formula is C11H7BrClFN2. The van der Waals surface area contributed by atoms with Crippen molar-refractivity contribution in [3.8, 4) is 0 Å². The Hall–Kier alpha value is -1.13. The molecule has 0 amide bonds. The average molecular weight is 302 g/mol. The lowest BCUT2D eigenvalue weighted by molar-refractivity contribution is 0.629. The Labute approximate surface area is 106 Å². The minimum atomic E-state index is -0.457. The molecule has 0 fully saturated rings. The maximum Gasteiger partial charge on any atom is 0.143 e. The first-order valence-corrected chi connectivity index (χ1v) is 5.67. The molecule has 5 heteroatoms. The van der Waals surface area contributed by atoms with E-state index in [0.717, 1.165) is 0 Å². The van der Waals surface area contributed by atoms with Gasteiger partial charge in [-0.05, 0) is 46.3 Å². The van der Waals surface area contributed by atoms with Gasteiger partial charge in [0.1, 0.15) is 16.2 Å². The van der Waals surface area contributed by atoms with Gasteiger partial charge in [-0.1, -0.05) is 17.7 Å². The largest absolute Gasteiger partial charge is 0.340 e. The third-order valence-electron chi connectivity index (χ3n) is 1.91. The first kappa shape index (κ1) is 11.4. The first-order chi connectivity index (χ1) is 7.65. The number of nitrogens with one attached hydrogen (secondary N) is 1. The van der Waals surface area contributed by atoms with Crippen LogP contribution in [0, 0.1) is 5.82 Å². The van der Waals surface area contributed by atoms with E-state index in [2.05, 4.69) is 26.2 Å². The Morgan fingerprint density at radius 3 is 2.75 bits per heavy atom. The van der Waals surface area contributed by atoms with E-state index in [1.807, 2.05) is 12.1 Å². The second-order valence-corrected chi connectivity index (χ2v) is 4.32. The van der Waals surface area contributed by atoms with E-state index in [0.29, 0.717) is 16.1 Å². The van der Waals surface area contributed by atoms with Crippen LogP contribution in [0.25, 0.3) is 0 Å². The Balaban J connectivity index is 2.24. The van der Waals surface area contributed by atoms with Crippen LogP contribution in [0.4, 0.5) is 15.9 Å². The molecule has 0 aliphatic heterocycles. The van der Waals surface area contributed by atoms with Crippen molar-refractivity contribution in [2.75, 3.05) is 5.32 Å². The number of aromatic nitrogens is 1. The van der Waals surface area contributed by atoms with Crippen molar-refractivity contribution in [2.24, 2.45) is 0 Å². The van der Waals surface area contributed by atoms with Crippen LogP contribution >= 0.6 is 27.5 Å². The molecule has 0 spiro atoms. The van der Waals surface area contributed by atoms with Crippen LogP contribution in [0.5, 0.6) is 0 Å². The fraction of sp³-hybridized carbons (Fsp3) is 0. The smallest absolute Gasteiger partial charge is 0.143 e. The SMILES string of the molecule is Fc1cc(Nc2cccc(Br)n2)ccc1Cl. The normalized spacial score (nSPS) is 10.2. The van der Waals surface area contributed by atoms with E-state index in [1.54, 1.807) is 12.1 Å². The van der Waals surface area contributed by atoms with Gasteiger partial charge in [-0.15, -0.1) is 0 Å². The van der Waals surface area contributed by atoms with Gasteiger partial charge in [0, 0.05) is 5.69 Å². The minimum Gasteiger partial charge on any atom is -0.340 e. The van der Waals surface area contributed by atoms with Crippen LogP contribution in [-0.2, 0) is 0 Å². The fourth-order valence-electron chi connectivity index (χ4n) is 1.20. The number of halogens is 3. The molecular weight excluding hydrogens is 294 g/mol. The molecule has 0 saturated carbocycles.